The van der Waals surface area contributed by atoms with Crippen molar-refractivity contribution in [2.24, 2.45) is 0 Å². The predicted molar refractivity (Wildman–Crippen MR) is 78.1 cm³/mol. The van der Waals surface area contributed by atoms with Crippen LogP contribution in [0.1, 0.15) is 41.6 Å². The van der Waals surface area contributed by atoms with Crippen molar-refractivity contribution in [1.29, 1.82) is 0 Å². The number of hydrogen-bond acceptors (Lipinski definition) is 2. The molecule has 2 aromatic rings. The highest BCUT2D eigenvalue weighted by Gasteiger charge is 2.32. The lowest BCUT2D eigenvalue weighted by molar-refractivity contribution is 0.388. The van der Waals surface area contributed by atoms with E-state index in [-0.39, 0.29) is 11.5 Å². The van der Waals surface area contributed by atoms with E-state index in [2.05, 4.69) is 16.4 Å². The van der Waals surface area contributed by atoms with Crippen LogP contribution in [0, 0.1) is 11.6 Å². The minimum absolute atomic E-state index is 0.00801. The molecule has 21 heavy (non-hydrogen) atoms. The largest absolute Gasteiger partial charge is 0.312 e. The predicted octanol–water partition coefficient (Wildman–Crippen LogP) is 3.74. The summed E-state index contributed by atoms with van der Waals surface area (Å²) < 4.78 is 28.2. The van der Waals surface area contributed by atoms with E-state index in [0.29, 0.717) is 0 Å². The Kier molecular flexibility index (Phi) is 3.97. The molecule has 0 spiro atoms. The van der Waals surface area contributed by atoms with Gasteiger partial charge in [0.15, 0.2) is 0 Å². The minimum Gasteiger partial charge on any atom is -0.312 e. The molecule has 0 bridgehead atoms. The van der Waals surface area contributed by atoms with E-state index in [4.69, 9.17) is 0 Å². The highest BCUT2D eigenvalue weighted by atomic mass is 19.1. The van der Waals surface area contributed by atoms with Gasteiger partial charge in [0, 0.05) is 29.4 Å². The number of fused-ring (bicyclic) bond motifs is 1. The van der Waals surface area contributed by atoms with E-state index in [1.54, 1.807) is 13.2 Å². The van der Waals surface area contributed by atoms with Gasteiger partial charge in [-0.2, -0.15) is 0 Å². The number of hydrogen-bond donors (Lipinski definition) is 1. The molecule has 1 aromatic heterocycles. The first-order chi connectivity index (χ1) is 10.2. The summed E-state index contributed by atoms with van der Waals surface area (Å²) in [4.78, 5) is 4.47. The second kappa shape index (κ2) is 5.90. The Morgan fingerprint density at radius 3 is 2.67 bits per heavy atom. The lowest BCUT2D eigenvalue weighted by atomic mass is 9.79. The van der Waals surface area contributed by atoms with Gasteiger partial charge >= 0.3 is 0 Å². The molecule has 0 fully saturated rings. The van der Waals surface area contributed by atoms with Gasteiger partial charge in [-0.3, -0.25) is 4.98 Å². The second-order valence-electron chi connectivity index (χ2n) is 5.45. The number of aromatic nitrogens is 1. The van der Waals surface area contributed by atoms with E-state index in [9.17, 15) is 8.78 Å². The number of benzene rings is 1. The molecule has 0 saturated heterocycles. The van der Waals surface area contributed by atoms with Crippen LogP contribution in [0.4, 0.5) is 8.78 Å². The van der Waals surface area contributed by atoms with Gasteiger partial charge in [-0.15, -0.1) is 0 Å². The van der Waals surface area contributed by atoms with Crippen molar-refractivity contribution >= 4 is 0 Å². The Hall–Kier alpha value is -1.81. The Morgan fingerprint density at radius 1 is 1.19 bits per heavy atom. The maximum absolute atomic E-state index is 14.1. The summed E-state index contributed by atoms with van der Waals surface area (Å²) in [6.45, 7) is 0. The Bertz CT molecular complexity index is 622. The topological polar surface area (TPSA) is 24.9 Å². The molecule has 1 aromatic carbocycles. The van der Waals surface area contributed by atoms with E-state index in [1.807, 2.05) is 6.07 Å². The number of nitrogens with zero attached hydrogens (tertiary/aromatic N) is 1. The van der Waals surface area contributed by atoms with Crippen LogP contribution in [0.5, 0.6) is 0 Å². The lowest BCUT2D eigenvalue weighted by Gasteiger charge is -2.31. The van der Waals surface area contributed by atoms with Crippen molar-refractivity contribution in [3.8, 4) is 0 Å². The van der Waals surface area contributed by atoms with Crippen molar-refractivity contribution in [3.05, 3.63) is 65.0 Å². The zero-order valence-electron chi connectivity index (χ0n) is 11.9. The molecule has 1 aliphatic carbocycles. The van der Waals surface area contributed by atoms with Crippen LogP contribution in [-0.2, 0) is 6.42 Å². The number of likely N-dealkylation sites (N-methyl/N-ethyl adjacent to an activating group) is 1. The molecule has 2 nitrogen and oxygen atoms in total. The number of halogens is 2. The smallest absolute Gasteiger partial charge is 0.130 e. The fourth-order valence-corrected chi connectivity index (χ4v) is 3.32. The highest BCUT2D eigenvalue weighted by Crippen LogP contribution is 2.40. The van der Waals surface area contributed by atoms with Crippen molar-refractivity contribution in [3.63, 3.8) is 0 Å². The Balaban J connectivity index is 2.06. The lowest BCUT2D eigenvalue weighted by Crippen LogP contribution is -2.29. The molecule has 2 unspecified atom stereocenters. The average molecular weight is 288 g/mol. The van der Waals surface area contributed by atoms with E-state index < -0.39 is 17.7 Å². The summed E-state index contributed by atoms with van der Waals surface area (Å²) in [7, 11) is 1.74. The van der Waals surface area contributed by atoms with E-state index >= 15 is 0 Å². The first-order valence-corrected chi connectivity index (χ1v) is 7.27. The molecule has 1 N–H and O–H groups in total. The maximum Gasteiger partial charge on any atom is 0.130 e. The fraction of sp³-hybridized carbons (Fsp3) is 0.353. The van der Waals surface area contributed by atoms with Gasteiger partial charge < -0.3 is 5.32 Å². The SMILES string of the molecule is CNC(c1c(F)cccc1F)C1CCCc2cccnc21. The first-order valence-electron chi connectivity index (χ1n) is 7.27. The highest BCUT2D eigenvalue weighted by molar-refractivity contribution is 5.32. The maximum atomic E-state index is 14.1. The van der Waals surface area contributed by atoms with E-state index in [0.717, 1.165) is 25.0 Å². The van der Waals surface area contributed by atoms with Gasteiger partial charge in [0.05, 0.1) is 0 Å². The number of pyridine rings is 1. The van der Waals surface area contributed by atoms with Gasteiger partial charge in [0.1, 0.15) is 11.6 Å². The zero-order valence-corrected chi connectivity index (χ0v) is 11.9. The molecule has 0 aliphatic heterocycles. The summed E-state index contributed by atoms with van der Waals surface area (Å²) >= 11 is 0. The normalized spacial score (nSPS) is 19.1. The third-order valence-electron chi connectivity index (χ3n) is 4.26. The monoisotopic (exact) mass is 288 g/mol. The molecule has 1 heterocycles. The molecule has 110 valence electrons. The van der Waals surface area contributed by atoms with Crippen LogP contribution < -0.4 is 5.32 Å². The van der Waals surface area contributed by atoms with Gasteiger partial charge in [-0.05, 0) is 50.1 Å². The first kappa shape index (κ1) is 14.1. The van der Waals surface area contributed by atoms with Crippen molar-refractivity contribution in [2.75, 3.05) is 7.05 Å². The van der Waals surface area contributed by atoms with Crippen LogP contribution >= 0.6 is 0 Å². The van der Waals surface area contributed by atoms with Crippen LogP contribution in [0.2, 0.25) is 0 Å². The third-order valence-corrected chi connectivity index (χ3v) is 4.26. The van der Waals surface area contributed by atoms with Crippen molar-refractivity contribution in [2.45, 2.75) is 31.2 Å². The second-order valence-corrected chi connectivity index (χ2v) is 5.45. The number of aryl methyl sites for hydroxylation is 1. The summed E-state index contributed by atoms with van der Waals surface area (Å²) in [5.41, 5.74) is 2.26. The molecule has 0 radical (unpaired) electrons. The summed E-state index contributed by atoms with van der Waals surface area (Å²) in [6.07, 6.45) is 4.62. The third kappa shape index (κ3) is 2.56. The summed E-state index contributed by atoms with van der Waals surface area (Å²) in [6, 6.07) is 7.59. The Labute approximate surface area is 123 Å². The van der Waals surface area contributed by atoms with Gasteiger partial charge in [0.2, 0.25) is 0 Å². The molecule has 1 aliphatic rings. The standard InChI is InChI=1S/C17H18F2N2/c1-20-17(15-13(18)8-3-9-14(15)19)12-7-2-5-11-6-4-10-21-16(11)12/h3-4,6,8-10,12,17,20H,2,5,7H2,1H3. The molecular formula is C17H18F2N2. The summed E-state index contributed by atoms with van der Waals surface area (Å²) in [5, 5.41) is 3.09. The molecule has 0 saturated carbocycles. The molecule has 4 heteroatoms. The van der Waals surface area contributed by atoms with E-state index in [1.165, 1.54) is 23.8 Å². The zero-order chi connectivity index (χ0) is 14.8. The fourth-order valence-electron chi connectivity index (χ4n) is 3.32. The molecule has 2 atom stereocenters. The van der Waals surface area contributed by atoms with Gasteiger partial charge in [-0.25, -0.2) is 8.78 Å². The number of rotatable bonds is 3. The van der Waals surface area contributed by atoms with Crippen LogP contribution in [-0.4, -0.2) is 12.0 Å². The van der Waals surface area contributed by atoms with Gasteiger partial charge in [-0.1, -0.05) is 12.1 Å². The summed E-state index contributed by atoms with van der Waals surface area (Å²) in [5.74, 6) is -1.01. The number of nitrogens with one attached hydrogen (secondary N) is 1. The Morgan fingerprint density at radius 2 is 1.95 bits per heavy atom. The van der Waals surface area contributed by atoms with Crippen LogP contribution in [0.15, 0.2) is 36.5 Å². The molecular weight excluding hydrogens is 270 g/mol. The molecule has 0 amide bonds. The average Bonchev–Trinajstić information content (AvgIpc) is 2.51. The van der Waals surface area contributed by atoms with Crippen LogP contribution in [0.25, 0.3) is 0 Å². The van der Waals surface area contributed by atoms with Crippen molar-refractivity contribution < 1.29 is 8.78 Å². The minimum atomic E-state index is -0.502. The molecule has 3 rings (SSSR count). The van der Waals surface area contributed by atoms with Crippen molar-refractivity contribution in [1.82, 2.24) is 10.3 Å². The quantitative estimate of drug-likeness (QED) is 0.930. The van der Waals surface area contributed by atoms with Crippen LogP contribution in [0.3, 0.4) is 0 Å². The van der Waals surface area contributed by atoms with Gasteiger partial charge in [0.25, 0.3) is 0 Å².